The summed E-state index contributed by atoms with van der Waals surface area (Å²) >= 11 is 1.93. The van der Waals surface area contributed by atoms with Crippen LogP contribution in [0, 0.1) is 0 Å². The Labute approximate surface area is 147 Å². The van der Waals surface area contributed by atoms with Crippen LogP contribution in [0.3, 0.4) is 0 Å². The Kier molecular flexibility index (Phi) is 5.63. The predicted octanol–water partition coefficient (Wildman–Crippen LogP) is 3.98. The number of hydrogen-bond donors (Lipinski definition) is 1. The highest BCUT2D eigenvalue weighted by molar-refractivity contribution is 8.00. The molecule has 5 heteroatoms. The van der Waals surface area contributed by atoms with Crippen LogP contribution in [0.1, 0.15) is 30.1 Å². The van der Waals surface area contributed by atoms with Crippen LogP contribution >= 0.6 is 11.8 Å². The molecular formula is C19H23NO3S. The van der Waals surface area contributed by atoms with Crippen molar-refractivity contribution in [2.75, 3.05) is 25.5 Å². The minimum Gasteiger partial charge on any atom is -0.472 e. The summed E-state index contributed by atoms with van der Waals surface area (Å²) in [4.78, 5) is 12.6. The van der Waals surface area contributed by atoms with E-state index >= 15 is 0 Å². The normalized spacial score (nSPS) is 16.7. The van der Waals surface area contributed by atoms with Crippen molar-refractivity contribution in [2.45, 2.75) is 24.5 Å². The lowest BCUT2D eigenvalue weighted by atomic mass is 9.98. The summed E-state index contributed by atoms with van der Waals surface area (Å²) < 4.78 is 10.7. The van der Waals surface area contributed by atoms with Gasteiger partial charge >= 0.3 is 0 Å². The molecule has 128 valence electrons. The van der Waals surface area contributed by atoms with Crippen LogP contribution in [0.2, 0.25) is 0 Å². The molecule has 0 atom stereocenters. The monoisotopic (exact) mass is 345 g/mol. The maximum Gasteiger partial charge on any atom is 0.251 e. The summed E-state index contributed by atoms with van der Waals surface area (Å²) in [5.41, 5.74) is 2.64. The molecule has 1 aliphatic rings. The number of furan rings is 1. The highest BCUT2D eigenvalue weighted by Gasteiger charge is 2.33. The molecule has 1 aromatic carbocycles. The van der Waals surface area contributed by atoms with Crippen molar-refractivity contribution in [3.63, 3.8) is 0 Å². The minimum atomic E-state index is -0.0251. The van der Waals surface area contributed by atoms with Crippen LogP contribution < -0.4 is 5.32 Å². The van der Waals surface area contributed by atoms with Gasteiger partial charge in [-0.3, -0.25) is 4.79 Å². The van der Waals surface area contributed by atoms with Gasteiger partial charge in [0.1, 0.15) is 0 Å². The van der Waals surface area contributed by atoms with Gasteiger partial charge in [0.2, 0.25) is 0 Å². The molecule has 2 aromatic rings. The number of benzene rings is 1. The number of rotatable bonds is 6. The number of carbonyl (C=O) groups excluding carboxylic acids is 1. The third kappa shape index (κ3) is 4.02. The molecule has 0 aliphatic carbocycles. The molecule has 4 nitrogen and oxygen atoms in total. The summed E-state index contributed by atoms with van der Waals surface area (Å²) in [7, 11) is 0. The predicted molar refractivity (Wildman–Crippen MR) is 97.4 cm³/mol. The van der Waals surface area contributed by atoms with Crippen molar-refractivity contribution in [3.05, 3.63) is 48.4 Å². The fourth-order valence-electron chi connectivity index (χ4n) is 3.03. The Balaban J connectivity index is 1.67. The number of thioether (sulfide) groups is 1. The van der Waals surface area contributed by atoms with Crippen LogP contribution in [-0.4, -0.2) is 36.2 Å². The summed E-state index contributed by atoms with van der Waals surface area (Å²) in [6.45, 7) is 4.40. The third-order valence-electron chi connectivity index (χ3n) is 4.40. The molecule has 0 spiro atoms. The average Bonchev–Trinajstić information content (AvgIpc) is 3.16. The number of ether oxygens (including phenoxy) is 1. The smallest absolute Gasteiger partial charge is 0.251 e. The molecule has 0 radical (unpaired) electrons. The fourth-order valence-corrected chi connectivity index (χ4v) is 4.28. The van der Waals surface area contributed by atoms with Gasteiger partial charge in [-0.25, -0.2) is 0 Å². The van der Waals surface area contributed by atoms with Crippen molar-refractivity contribution in [3.8, 4) is 11.1 Å². The summed E-state index contributed by atoms with van der Waals surface area (Å²) in [5.74, 6) is 1.02. The summed E-state index contributed by atoms with van der Waals surface area (Å²) in [6.07, 6.45) is 5.30. The Morgan fingerprint density at radius 1 is 1.25 bits per heavy atom. The van der Waals surface area contributed by atoms with Crippen molar-refractivity contribution >= 4 is 17.7 Å². The van der Waals surface area contributed by atoms with Crippen LogP contribution in [0.15, 0.2) is 47.3 Å². The Morgan fingerprint density at radius 3 is 2.79 bits per heavy atom. The maximum atomic E-state index is 12.6. The van der Waals surface area contributed by atoms with E-state index in [4.69, 9.17) is 9.15 Å². The van der Waals surface area contributed by atoms with Gasteiger partial charge in [0.05, 0.1) is 12.5 Å². The average molecular weight is 345 g/mol. The number of hydrogen-bond acceptors (Lipinski definition) is 4. The molecule has 1 aromatic heterocycles. The quantitative estimate of drug-likeness (QED) is 0.860. The first-order chi connectivity index (χ1) is 11.7. The molecule has 0 saturated carbocycles. The van der Waals surface area contributed by atoms with Crippen LogP contribution in [0.4, 0.5) is 0 Å². The van der Waals surface area contributed by atoms with Crippen LogP contribution in [0.5, 0.6) is 0 Å². The first-order valence-electron chi connectivity index (χ1n) is 8.35. The van der Waals surface area contributed by atoms with Gasteiger partial charge in [0.15, 0.2) is 0 Å². The second-order valence-electron chi connectivity index (χ2n) is 6.00. The molecule has 1 fully saturated rings. The van der Waals surface area contributed by atoms with E-state index in [1.807, 2.05) is 42.1 Å². The van der Waals surface area contributed by atoms with Gasteiger partial charge in [-0.2, -0.15) is 11.8 Å². The zero-order chi connectivity index (χ0) is 16.8. The van der Waals surface area contributed by atoms with Crippen LogP contribution in [0.25, 0.3) is 11.1 Å². The van der Waals surface area contributed by atoms with E-state index < -0.39 is 0 Å². The van der Waals surface area contributed by atoms with Crippen molar-refractivity contribution in [2.24, 2.45) is 0 Å². The lowest BCUT2D eigenvalue weighted by Gasteiger charge is -2.36. The highest BCUT2D eigenvalue weighted by atomic mass is 32.2. The molecule has 3 rings (SSSR count). The van der Waals surface area contributed by atoms with E-state index in [1.54, 1.807) is 12.5 Å². The van der Waals surface area contributed by atoms with Crippen LogP contribution in [-0.2, 0) is 4.74 Å². The van der Waals surface area contributed by atoms with E-state index in [1.165, 1.54) is 0 Å². The van der Waals surface area contributed by atoms with Gasteiger partial charge < -0.3 is 14.5 Å². The van der Waals surface area contributed by atoms with Crippen molar-refractivity contribution in [1.29, 1.82) is 0 Å². The number of carbonyl (C=O) groups is 1. The zero-order valence-corrected chi connectivity index (χ0v) is 14.7. The molecule has 0 bridgehead atoms. The molecule has 0 unspecified atom stereocenters. The lowest BCUT2D eigenvalue weighted by molar-refractivity contribution is 0.0741. The molecule has 1 aliphatic heterocycles. The number of nitrogens with one attached hydrogen (secondary N) is 1. The van der Waals surface area contributed by atoms with E-state index in [-0.39, 0.29) is 10.7 Å². The molecule has 1 N–H and O–H groups in total. The largest absolute Gasteiger partial charge is 0.472 e. The van der Waals surface area contributed by atoms with Gasteiger partial charge in [0, 0.05) is 35.6 Å². The molecular weight excluding hydrogens is 322 g/mol. The maximum absolute atomic E-state index is 12.6. The van der Waals surface area contributed by atoms with E-state index in [2.05, 4.69) is 12.2 Å². The highest BCUT2D eigenvalue weighted by Crippen LogP contribution is 2.34. The van der Waals surface area contributed by atoms with E-state index in [0.29, 0.717) is 12.1 Å². The van der Waals surface area contributed by atoms with Crippen molar-refractivity contribution < 1.29 is 13.9 Å². The van der Waals surface area contributed by atoms with Gasteiger partial charge in [-0.15, -0.1) is 0 Å². The molecule has 2 heterocycles. The fraction of sp³-hybridized carbons (Fsp3) is 0.421. The van der Waals surface area contributed by atoms with Gasteiger partial charge in [-0.1, -0.05) is 19.1 Å². The Morgan fingerprint density at radius 2 is 2.08 bits per heavy atom. The van der Waals surface area contributed by atoms with Gasteiger partial charge in [-0.05, 0) is 42.4 Å². The minimum absolute atomic E-state index is 0.0251. The number of amides is 1. The standard InChI is InChI=1S/C19H23NO3S/c1-2-24-19(7-10-22-11-8-19)14-20-18(21)16-5-3-4-15(12-16)17-6-9-23-13-17/h3-6,9,12-13H,2,7-8,10-11,14H2,1H3,(H,20,21). The topological polar surface area (TPSA) is 51.5 Å². The van der Waals surface area contributed by atoms with E-state index in [0.717, 1.165) is 42.9 Å². The summed E-state index contributed by atoms with van der Waals surface area (Å²) in [6, 6.07) is 9.54. The second kappa shape index (κ2) is 7.90. The van der Waals surface area contributed by atoms with Crippen molar-refractivity contribution in [1.82, 2.24) is 5.32 Å². The second-order valence-corrected chi connectivity index (χ2v) is 7.74. The SMILES string of the molecule is CCSC1(CNC(=O)c2cccc(-c3ccoc3)c2)CCOCC1. The lowest BCUT2D eigenvalue weighted by Crippen LogP contribution is -2.44. The van der Waals surface area contributed by atoms with Gasteiger partial charge in [0.25, 0.3) is 5.91 Å². The first kappa shape index (κ1) is 17.1. The first-order valence-corrected chi connectivity index (χ1v) is 9.33. The Bertz CT molecular complexity index is 658. The third-order valence-corrected chi connectivity index (χ3v) is 5.86. The molecule has 1 saturated heterocycles. The zero-order valence-electron chi connectivity index (χ0n) is 13.9. The Hall–Kier alpha value is -1.72. The van der Waals surface area contributed by atoms with E-state index in [9.17, 15) is 4.79 Å². The molecule has 24 heavy (non-hydrogen) atoms. The molecule has 1 amide bonds. The summed E-state index contributed by atoms with van der Waals surface area (Å²) in [5, 5.41) is 3.13.